The van der Waals surface area contributed by atoms with Gasteiger partial charge >= 0.3 is 0 Å². The van der Waals surface area contributed by atoms with E-state index in [-0.39, 0.29) is 12.0 Å². The number of benzene rings is 2. The van der Waals surface area contributed by atoms with Crippen LogP contribution in [0, 0.1) is 0 Å². The Bertz CT molecular complexity index is 765. The van der Waals surface area contributed by atoms with Crippen molar-refractivity contribution in [1.29, 1.82) is 0 Å². The van der Waals surface area contributed by atoms with Gasteiger partial charge in [0.25, 0.3) is 5.91 Å². The molecule has 0 unspecified atom stereocenters. The van der Waals surface area contributed by atoms with Crippen LogP contribution in [0.4, 0.5) is 0 Å². The van der Waals surface area contributed by atoms with Crippen LogP contribution in [-0.4, -0.2) is 48.8 Å². The molecule has 1 atom stereocenters. The molecule has 5 nitrogen and oxygen atoms in total. The van der Waals surface area contributed by atoms with Gasteiger partial charge in [0, 0.05) is 31.2 Å². The van der Waals surface area contributed by atoms with Crippen molar-refractivity contribution in [1.82, 2.24) is 10.2 Å². The lowest BCUT2D eigenvalue weighted by Crippen LogP contribution is -2.52. The summed E-state index contributed by atoms with van der Waals surface area (Å²) in [6, 6.07) is 17.4. The highest BCUT2D eigenvalue weighted by molar-refractivity contribution is 6.30. The Morgan fingerprint density at radius 3 is 2.64 bits per heavy atom. The van der Waals surface area contributed by atoms with Crippen molar-refractivity contribution in [3.8, 4) is 5.75 Å². The summed E-state index contributed by atoms with van der Waals surface area (Å²) in [7, 11) is 0. The van der Waals surface area contributed by atoms with Crippen LogP contribution >= 0.6 is 11.6 Å². The largest absolute Gasteiger partial charge is 0.478 e. The number of nitrogens with one attached hydrogen (secondary N) is 1. The number of nitrogens with zero attached hydrogens (tertiary/aromatic N) is 1. The Balaban J connectivity index is 1.48. The zero-order chi connectivity index (χ0) is 20.0. The average molecular weight is 403 g/mol. The molecule has 6 heteroatoms. The molecule has 1 aliphatic rings. The second kappa shape index (κ2) is 9.41. The maximum atomic E-state index is 12.6. The first-order valence-corrected chi connectivity index (χ1v) is 9.91. The third-order valence-electron chi connectivity index (χ3n) is 4.70. The van der Waals surface area contributed by atoms with Crippen molar-refractivity contribution in [3.63, 3.8) is 0 Å². The van der Waals surface area contributed by atoms with Gasteiger partial charge in [-0.15, -0.1) is 0 Å². The summed E-state index contributed by atoms with van der Waals surface area (Å²) in [5.41, 5.74) is 0.288. The van der Waals surface area contributed by atoms with Crippen molar-refractivity contribution in [2.45, 2.75) is 32.1 Å². The van der Waals surface area contributed by atoms with Crippen molar-refractivity contribution in [2.75, 3.05) is 26.2 Å². The molecule has 3 rings (SSSR count). The van der Waals surface area contributed by atoms with Crippen LogP contribution in [-0.2, 0) is 16.1 Å². The molecule has 0 aliphatic carbocycles. The molecule has 0 aromatic heterocycles. The van der Waals surface area contributed by atoms with Crippen LogP contribution in [0.2, 0.25) is 5.02 Å². The lowest BCUT2D eigenvalue weighted by Gasteiger charge is -2.34. The Labute approximate surface area is 171 Å². The van der Waals surface area contributed by atoms with E-state index in [0.29, 0.717) is 23.9 Å². The van der Waals surface area contributed by atoms with Crippen LogP contribution in [0.3, 0.4) is 0 Å². The minimum Gasteiger partial charge on any atom is -0.478 e. The van der Waals surface area contributed by atoms with E-state index in [1.54, 1.807) is 38.1 Å². The molecule has 1 heterocycles. The molecule has 28 heavy (non-hydrogen) atoms. The van der Waals surface area contributed by atoms with Gasteiger partial charge in [-0.05, 0) is 43.7 Å². The van der Waals surface area contributed by atoms with E-state index in [2.05, 4.69) is 34.5 Å². The van der Waals surface area contributed by atoms with Crippen LogP contribution in [0.25, 0.3) is 0 Å². The first-order valence-electron chi connectivity index (χ1n) is 9.53. The third kappa shape index (κ3) is 5.96. The monoisotopic (exact) mass is 402 g/mol. The molecule has 150 valence electrons. The molecule has 1 fully saturated rings. The summed E-state index contributed by atoms with van der Waals surface area (Å²) in [6.07, 6.45) is -0.0345. The molecule has 2 aromatic rings. The zero-order valence-electron chi connectivity index (χ0n) is 16.4. The molecule has 0 radical (unpaired) electrons. The Morgan fingerprint density at radius 2 is 1.93 bits per heavy atom. The standard InChI is InChI=1S/C22H27ClN2O3/c1-22(2,28-19-10-8-18(23)9-11-19)21(26)24-14-20-16-25(12-13-27-20)15-17-6-4-3-5-7-17/h3-11,20H,12-16H2,1-2H3,(H,24,26)/t20-/m1/s1. The van der Waals surface area contributed by atoms with Crippen molar-refractivity contribution in [2.24, 2.45) is 0 Å². The van der Waals surface area contributed by atoms with Crippen LogP contribution in [0.5, 0.6) is 5.75 Å². The number of amides is 1. The number of halogens is 1. The normalized spacial score (nSPS) is 17.9. The second-order valence-electron chi connectivity index (χ2n) is 7.49. The lowest BCUT2D eigenvalue weighted by atomic mass is 10.1. The summed E-state index contributed by atoms with van der Waals surface area (Å²) in [5, 5.41) is 3.60. The fourth-order valence-corrected chi connectivity index (χ4v) is 3.28. The average Bonchev–Trinajstić information content (AvgIpc) is 2.69. The minimum absolute atomic E-state index is 0.0345. The molecule has 1 N–H and O–H groups in total. The van der Waals surface area contributed by atoms with E-state index in [0.717, 1.165) is 19.6 Å². The number of carbonyl (C=O) groups excluding carboxylic acids is 1. The molecular weight excluding hydrogens is 376 g/mol. The number of carbonyl (C=O) groups is 1. The van der Waals surface area contributed by atoms with E-state index in [1.165, 1.54) is 5.56 Å². The number of hydrogen-bond donors (Lipinski definition) is 1. The van der Waals surface area contributed by atoms with Crippen molar-refractivity contribution < 1.29 is 14.3 Å². The Morgan fingerprint density at radius 1 is 1.21 bits per heavy atom. The molecule has 0 bridgehead atoms. The molecule has 2 aromatic carbocycles. The predicted molar refractivity (Wildman–Crippen MR) is 111 cm³/mol. The van der Waals surface area contributed by atoms with Crippen molar-refractivity contribution in [3.05, 3.63) is 65.2 Å². The highest BCUT2D eigenvalue weighted by atomic mass is 35.5. The SMILES string of the molecule is CC(C)(Oc1ccc(Cl)cc1)C(=O)NC[C@@H]1CN(Cc2ccccc2)CCO1. The van der Waals surface area contributed by atoms with Gasteiger partial charge in [-0.2, -0.15) is 0 Å². The second-order valence-corrected chi connectivity index (χ2v) is 7.93. The smallest absolute Gasteiger partial charge is 0.263 e. The molecule has 0 saturated carbocycles. The zero-order valence-corrected chi connectivity index (χ0v) is 17.1. The Hall–Kier alpha value is -2.08. The fraction of sp³-hybridized carbons (Fsp3) is 0.409. The highest BCUT2D eigenvalue weighted by Crippen LogP contribution is 2.21. The molecule has 1 aliphatic heterocycles. The summed E-state index contributed by atoms with van der Waals surface area (Å²) in [5.74, 6) is 0.429. The third-order valence-corrected chi connectivity index (χ3v) is 4.95. The summed E-state index contributed by atoms with van der Waals surface area (Å²) in [6.45, 7) is 7.19. The quantitative estimate of drug-likeness (QED) is 0.769. The molecule has 1 amide bonds. The maximum absolute atomic E-state index is 12.6. The Kier molecular flexibility index (Phi) is 6.94. The topological polar surface area (TPSA) is 50.8 Å². The predicted octanol–water partition coefficient (Wildman–Crippen LogP) is 3.51. The highest BCUT2D eigenvalue weighted by Gasteiger charge is 2.31. The van der Waals surface area contributed by atoms with Gasteiger partial charge in [-0.1, -0.05) is 41.9 Å². The van der Waals surface area contributed by atoms with Crippen LogP contribution < -0.4 is 10.1 Å². The first kappa shape index (κ1) is 20.6. The number of rotatable bonds is 7. The molecule has 1 saturated heterocycles. The lowest BCUT2D eigenvalue weighted by molar-refractivity contribution is -0.135. The van der Waals surface area contributed by atoms with E-state index < -0.39 is 5.60 Å². The van der Waals surface area contributed by atoms with Gasteiger partial charge in [-0.25, -0.2) is 0 Å². The maximum Gasteiger partial charge on any atom is 0.263 e. The van der Waals surface area contributed by atoms with E-state index >= 15 is 0 Å². The summed E-state index contributed by atoms with van der Waals surface area (Å²) >= 11 is 5.89. The number of hydrogen-bond acceptors (Lipinski definition) is 4. The van der Waals surface area contributed by atoms with Gasteiger partial charge in [0.2, 0.25) is 0 Å². The van der Waals surface area contributed by atoms with Crippen LogP contribution in [0.15, 0.2) is 54.6 Å². The van der Waals surface area contributed by atoms with Crippen LogP contribution in [0.1, 0.15) is 19.4 Å². The molecule has 0 spiro atoms. The van der Waals surface area contributed by atoms with Gasteiger partial charge in [0.1, 0.15) is 5.75 Å². The number of ether oxygens (including phenoxy) is 2. The fourth-order valence-electron chi connectivity index (χ4n) is 3.15. The molecular formula is C22H27ClN2O3. The van der Waals surface area contributed by atoms with Gasteiger partial charge < -0.3 is 14.8 Å². The van der Waals surface area contributed by atoms with Gasteiger partial charge in [-0.3, -0.25) is 9.69 Å². The van der Waals surface area contributed by atoms with Gasteiger partial charge in [0.15, 0.2) is 5.60 Å². The first-order chi connectivity index (χ1) is 13.4. The summed E-state index contributed by atoms with van der Waals surface area (Å²) < 4.78 is 11.7. The minimum atomic E-state index is -0.994. The van der Waals surface area contributed by atoms with E-state index in [1.807, 2.05) is 6.07 Å². The van der Waals surface area contributed by atoms with E-state index in [4.69, 9.17) is 21.1 Å². The summed E-state index contributed by atoms with van der Waals surface area (Å²) in [4.78, 5) is 15.0. The van der Waals surface area contributed by atoms with Gasteiger partial charge in [0.05, 0.1) is 12.7 Å². The number of morpholine rings is 1. The van der Waals surface area contributed by atoms with Crippen molar-refractivity contribution >= 4 is 17.5 Å². The van der Waals surface area contributed by atoms with E-state index in [9.17, 15) is 4.79 Å².